The lowest BCUT2D eigenvalue weighted by molar-refractivity contribution is 0.531. The van der Waals surface area contributed by atoms with Gasteiger partial charge in [0.2, 0.25) is 0 Å². The van der Waals surface area contributed by atoms with Crippen molar-refractivity contribution in [3.05, 3.63) is 22.8 Å². The van der Waals surface area contributed by atoms with Gasteiger partial charge in [-0.1, -0.05) is 38.3 Å². The van der Waals surface area contributed by atoms with Crippen LogP contribution in [0.3, 0.4) is 0 Å². The molecule has 0 bridgehead atoms. The molecule has 0 atom stereocenters. The number of alkyl halides is 1. The molecule has 1 fully saturated rings. The molecule has 19 heavy (non-hydrogen) atoms. The number of nitrogens with zero attached hydrogens (tertiary/aromatic N) is 2. The summed E-state index contributed by atoms with van der Waals surface area (Å²) in [5, 5.41) is 0.662. The van der Waals surface area contributed by atoms with Crippen LogP contribution in [0.1, 0.15) is 45.1 Å². The van der Waals surface area contributed by atoms with Crippen LogP contribution in [0, 0.1) is 5.92 Å². The molecule has 0 aromatic carbocycles. The smallest absolute Gasteiger partial charge is 0.129 e. The zero-order valence-electron chi connectivity index (χ0n) is 11.7. The Morgan fingerprint density at radius 1 is 1.37 bits per heavy atom. The fourth-order valence-corrected chi connectivity index (χ4v) is 3.23. The van der Waals surface area contributed by atoms with E-state index in [-0.39, 0.29) is 0 Å². The number of halogens is 2. The van der Waals surface area contributed by atoms with Gasteiger partial charge in [0.25, 0.3) is 0 Å². The molecular weight excluding hydrogens is 279 g/mol. The molecule has 0 saturated heterocycles. The molecule has 1 aliphatic rings. The van der Waals surface area contributed by atoms with Gasteiger partial charge in [0.1, 0.15) is 5.82 Å². The van der Waals surface area contributed by atoms with Crippen LogP contribution in [0.2, 0.25) is 5.02 Å². The number of anilines is 1. The maximum absolute atomic E-state index is 6.10. The van der Waals surface area contributed by atoms with Gasteiger partial charge in [0, 0.05) is 24.7 Å². The largest absolute Gasteiger partial charge is 0.353 e. The van der Waals surface area contributed by atoms with Crippen molar-refractivity contribution in [2.75, 3.05) is 11.4 Å². The summed E-state index contributed by atoms with van der Waals surface area (Å²) in [5.41, 5.74) is 0.972. The molecule has 1 saturated carbocycles. The van der Waals surface area contributed by atoms with Gasteiger partial charge in [0.15, 0.2) is 0 Å². The Kier molecular flexibility index (Phi) is 5.35. The summed E-state index contributed by atoms with van der Waals surface area (Å²) in [6.07, 6.45) is 6.93. The Morgan fingerprint density at radius 3 is 2.63 bits per heavy atom. The standard InChI is InChI=1S/C15H22Cl2N2/c1-11(2)10-19(13-5-3-4-6-13)15-7-12(8-16)14(17)9-18-15/h7,9,11,13H,3-6,8,10H2,1-2H3. The second kappa shape index (κ2) is 6.81. The molecule has 1 aromatic rings. The molecule has 0 aliphatic heterocycles. The van der Waals surface area contributed by atoms with E-state index in [1.807, 2.05) is 0 Å². The van der Waals surface area contributed by atoms with E-state index >= 15 is 0 Å². The van der Waals surface area contributed by atoms with Crippen LogP contribution in [-0.4, -0.2) is 17.6 Å². The predicted molar refractivity (Wildman–Crippen MR) is 83.2 cm³/mol. The van der Waals surface area contributed by atoms with Crippen molar-refractivity contribution in [1.82, 2.24) is 4.98 Å². The molecule has 1 aliphatic carbocycles. The van der Waals surface area contributed by atoms with Crippen LogP contribution in [0.4, 0.5) is 5.82 Å². The monoisotopic (exact) mass is 300 g/mol. The molecule has 1 aromatic heterocycles. The Hall–Kier alpha value is -0.470. The molecule has 106 valence electrons. The SMILES string of the molecule is CC(C)CN(c1cc(CCl)c(Cl)cn1)C1CCCC1. The lowest BCUT2D eigenvalue weighted by Gasteiger charge is -2.32. The first-order valence-electron chi connectivity index (χ1n) is 7.09. The summed E-state index contributed by atoms with van der Waals surface area (Å²) in [6, 6.07) is 2.68. The third-order valence-corrected chi connectivity index (χ3v) is 4.31. The summed E-state index contributed by atoms with van der Waals surface area (Å²) < 4.78 is 0. The summed E-state index contributed by atoms with van der Waals surface area (Å²) in [4.78, 5) is 6.97. The van der Waals surface area contributed by atoms with Crippen molar-refractivity contribution in [3.63, 3.8) is 0 Å². The van der Waals surface area contributed by atoms with Gasteiger partial charge in [-0.3, -0.25) is 0 Å². The van der Waals surface area contributed by atoms with Crippen LogP contribution in [0.25, 0.3) is 0 Å². The quantitative estimate of drug-likeness (QED) is 0.721. The topological polar surface area (TPSA) is 16.1 Å². The number of pyridine rings is 1. The molecule has 4 heteroatoms. The number of hydrogen-bond donors (Lipinski definition) is 0. The minimum atomic E-state index is 0.439. The summed E-state index contributed by atoms with van der Waals surface area (Å²) in [6.45, 7) is 5.54. The Morgan fingerprint density at radius 2 is 2.05 bits per heavy atom. The number of aromatic nitrogens is 1. The summed E-state index contributed by atoms with van der Waals surface area (Å²) in [5.74, 6) is 2.09. The van der Waals surface area contributed by atoms with E-state index < -0.39 is 0 Å². The van der Waals surface area contributed by atoms with E-state index in [1.165, 1.54) is 25.7 Å². The molecule has 0 N–H and O–H groups in total. The van der Waals surface area contributed by atoms with E-state index in [0.717, 1.165) is 17.9 Å². The first kappa shape index (κ1) is 14.9. The summed E-state index contributed by atoms with van der Waals surface area (Å²) in [7, 11) is 0. The van der Waals surface area contributed by atoms with E-state index in [9.17, 15) is 0 Å². The first-order chi connectivity index (χ1) is 9.11. The third-order valence-electron chi connectivity index (χ3n) is 3.69. The molecule has 1 heterocycles. The average Bonchev–Trinajstić information content (AvgIpc) is 2.90. The van der Waals surface area contributed by atoms with Crippen molar-refractivity contribution >= 4 is 29.0 Å². The van der Waals surface area contributed by atoms with Gasteiger partial charge in [-0.2, -0.15) is 0 Å². The fourth-order valence-electron chi connectivity index (χ4n) is 2.77. The van der Waals surface area contributed by atoms with Crippen LogP contribution in [0.5, 0.6) is 0 Å². The molecule has 2 nitrogen and oxygen atoms in total. The Bertz CT molecular complexity index is 415. The van der Waals surface area contributed by atoms with Crippen LogP contribution in [0.15, 0.2) is 12.3 Å². The molecular formula is C15H22Cl2N2. The predicted octanol–water partition coefficient (Wildman–Crippen LogP) is 4.88. The Balaban J connectivity index is 2.25. The molecule has 0 spiro atoms. The van der Waals surface area contributed by atoms with Gasteiger partial charge in [-0.05, 0) is 30.4 Å². The number of rotatable bonds is 5. The molecule has 0 amide bonds. The second-order valence-electron chi connectivity index (χ2n) is 5.75. The highest BCUT2D eigenvalue weighted by atomic mass is 35.5. The molecule has 0 radical (unpaired) electrons. The van der Waals surface area contributed by atoms with Crippen LogP contribution >= 0.6 is 23.2 Å². The van der Waals surface area contributed by atoms with Crippen LogP contribution in [-0.2, 0) is 5.88 Å². The van der Waals surface area contributed by atoms with Gasteiger partial charge in [0.05, 0.1) is 5.02 Å². The zero-order chi connectivity index (χ0) is 13.8. The minimum Gasteiger partial charge on any atom is -0.353 e. The third kappa shape index (κ3) is 3.76. The maximum Gasteiger partial charge on any atom is 0.129 e. The van der Waals surface area contributed by atoms with Crippen molar-refractivity contribution in [2.45, 2.75) is 51.5 Å². The lowest BCUT2D eigenvalue weighted by atomic mass is 10.1. The van der Waals surface area contributed by atoms with E-state index in [2.05, 4.69) is 29.8 Å². The van der Waals surface area contributed by atoms with E-state index in [0.29, 0.717) is 22.9 Å². The van der Waals surface area contributed by atoms with E-state index in [1.54, 1.807) is 6.20 Å². The fraction of sp³-hybridized carbons (Fsp3) is 0.667. The van der Waals surface area contributed by atoms with E-state index in [4.69, 9.17) is 23.2 Å². The maximum atomic E-state index is 6.10. The van der Waals surface area contributed by atoms with Gasteiger partial charge >= 0.3 is 0 Å². The summed E-state index contributed by atoms with van der Waals surface area (Å²) >= 11 is 12.0. The highest BCUT2D eigenvalue weighted by Gasteiger charge is 2.24. The van der Waals surface area contributed by atoms with Gasteiger partial charge < -0.3 is 4.90 Å². The number of hydrogen-bond acceptors (Lipinski definition) is 2. The van der Waals surface area contributed by atoms with Crippen LogP contribution < -0.4 is 4.90 Å². The molecule has 0 unspecified atom stereocenters. The lowest BCUT2D eigenvalue weighted by Crippen LogP contribution is -2.37. The first-order valence-corrected chi connectivity index (χ1v) is 8.00. The van der Waals surface area contributed by atoms with Crippen molar-refractivity contribution < 1.29 is 0 Å². The second-order valence-corrected chi connectivity index (χ2v) is 6.43. The average molecular weight is 301 g/mol. The van der Waals surface area contributed by atoms with Crippen molar-refractivity contribution in [3.8, 4) is 0 Å². The Labute approximate surface area is 126 Å². The zero-order valence-corrected chi connectivity index (χ0v) is 13.2. The molecule has 2 rings (SSSR count). The normalized spacial score (nSPS) is 16.3. The van der Waals surface area contributed by atoms with Crippen molar-refractivity contribution in [2.24, 2.45) is 5.92 Å². The highest BCUT2D eigenvalue weighted by Crippen LogP contribution is 2.30. The van der Waals surface area contributed by atoms with Gasteiger partial charge in [-0.25, -0.2) is 4.98 Å². The van der Waals surface area contributed by atoms with Gasteiger partial charge in [-0.15, -0.1) is 11.6 Å². The highest BCUT2D eigenvalue weighted by molar-refractivity contribution is 6.32. The minimum absolute atomic E-state index is 0.439. The van der Waals surface area contributed by atoms with Crippen molar-refractivity contribution in [1.29, 1.82) is 0 Å².